The molecule has 0 spiro atoms. The molecule has 3 nitrogen and oxygen atoms in total. The molecule has 3 heteroatoms. The van der Waals surface area contributed by atoms with Crippen molar-refractivity contribution in [3.05, 3.63) is 11.8 Å². The summed E-state index contributed by atoms with van der Waals surface area (Å²) in [6, 6.07) is 0. The number of carbonyl (C=O) groups is 1. The maximum absolute atomic E-state index is 10.2. The Morgan fingerprint density at radius 1 is 1.67 bits per heavy atom. The molecule has 0 aliphatic rings. The molecule has 0 aliphatic heterocycles. The summed E-state index contributed by atoms with van der Waals surface area (Å²) in [5.74, 6) is -0.258. The Hall–Kier alpha value is -1.12. The van der Waals surface area contributed by atoms with E-state index in [1.807, 2.05) is 0 Å². The highest BCUT2D eigenvalue weighted by Gasteiger charge is 1.94. The molecule has 0 aromatic carbocycles. The van der Waals surface area contributed by atoms with Gasteiger partial charge < -0.3 is 5.32 Å². The molecule has 1 N–H and O–H groups in total. The Kier molecular flexibility index (Phi) is 3.35. The second-order valence-electron chi connectivity index (χ2n) is 1.49. The van der Waals surface area contributed by atoms with Crippen molar-refractivity contribution < 1.29 is 9.59 Å². The molecule has 49 valence electrons. The van der Waals surface area contributed by atoms with Gasteiger partial charge in [0, 0.05) is 6.92 Å². The van der Waals surface area contributed by atoms with E-state index >= 15 is 0 Å². The van der Waals surface area contributed by atoms with Crippen LogP contribution in [-0.2, 0) is 9.59 Å². The van der Waals surface area contributed by atoms with E-state index in [0.29, 0.717) is 0 Å². The van der Waals surface area contributed by atoms with E-state index in [9.17, 15) is 9.59 Å². The molecular weight excluding hydrogens is 118 g/mol. The largest absolute Gasteiger partial charge is 0.323 e. The number of rotatable bonds is 2. The maximum atomic E-state index is 10.2. The van der Waals surface area contributed by atoms with Crippen LogP contribution in [-0.4, -0.2) is 12.2 Å². The van der Waals surface area contributed by atoms with Crippen LogP contribution < -0.4 is 5.32 Å². The van der Waals surface area contributed by atoms with Crippen molar-refractivity contribution in [2.45, 2.75) is 13.8 Å². The number of hydrogen-bond donors (Lipinski definition) is 1. The standard InChI is InChI=1S/C6H8NO2/c1-3-6(4-8)7-5(2)9/h3H,1-2H3,(H,7,9). The van der Waals surface area contributed by atoms with Crippen LogP contribution in [0.3, 0.4) is 0 Å². The summed E-state index contributed by atoms with van der Waals surface area (Å²) in [5, 5.41) is 2.28. The molecule has 0 aromatic rings. The molecule has 1 radical (unpaired) electrons. The van der Waals surface area contributed by atoms with Gasteiger partial charge >= 0.3 is 0 Å². The highest BCUT2D eigenvalue weighted by atomic mass is 16.2. The fourth-order valence-electron chi connectivity index (χ4n) is 0.346. The van der Waals surface area contributed by atoms with Gasteiger partial charge in [0.1, 0.15) is 0 Å². The van der Waals surface area contributed by atoms with E-state index in [1.54, 1.807) is 13.2 Å². The fraction of sp³-hybridized carbons (Fsp3) is 0.333. The number of hydrogen-bond acceptors (Lipinski definition) is 2. The highest BCUT2D eigenvalue weighted by molar-refractivity contribution is 5.84. The third-order valence-corrected chi connectivity index (χ3v) is 0.709. The normalized spacial score (nSPS) is 10.7. The van der Waals surface area contributed by atoms with E-state index < -0.39 is 0 Å². The Labute approximate surface area is 53.7 Å². The third-order valence-electron chi connectivity index (χ3n) is 0.709. The van der Waals surface area contributed by atoms with E-state index in [4.69, 9.17) is 0 Å². The van der Waals surface area contributed by atoms with Crippen molar-refractivity contribution >= 4 is 12.2 Å². The van der Waals surface area contributed by atoms with Gasteiger partial charge in [0.05, 0.1) is 5.70 Å². The summed E-state index contributed by atoms with van der Waals surface area (Å²) in [6.45, 7) is 2.98. The van der Waals surface area contributed by atoms with Crippen LogP contribution in [0.25, 0.3) is 0 Å². The first-order chi connectivity index (χ1) is 4.20. The summed E-state index contributed by atoms with van der Waals surface area (Å²) in [4.78, 5) is 20.1. The molecule has 0 saturated carbocycles. The minimum absolute atomic E-state index is 0.183. The smallest absolute Gasteiger partial charge is 0.250 e. The topological polar surface area (TPSA) is 46.2 Å². The predicted octanol–water partition coefficient (Wildman–Crippen LogP) is 0.136. The first kappa shape index (κ1) is 7.88. The second kappa shape index (κ2) is 3.83. The SMILES string of the molecule is CC=C([C]=O)NC(C)=O. The van der Waals surface area contributed by atoms with E-state index in [1.165, 1.54) is 13.0 Å². The quantitative estimate of drug-likeness (QED) is 0.535. The molecule has 0 bridgehead atoms. The average molecular weight is 126 g/mol. The Morgan fingerprint density at radius 2 is 2.22 bits per heavy atom. The van der Waals surface area contributed by atoms with Gasteiger partial charge in [0.2, 0.25) is 5.91 Å². The van der Waals surface area contributed by atoms with E-state index in [-0.39, 0.29) is 11.6 Å². The molecule has 0 aromatic heterocycles. The molecule has 0 heterocycles. The minimum Gasteiger partial charge on any atom is -0.323 e. The molecule has 0 aliphatic carbocycles. The van der Waals surface area contributed by atoms with Crippen molar-refractivity contribution in [3.8, 4) is 0 Å². The maximum Gasteiger partial charge on any atom is 0.250 e. The van der Waals surface area contributed by atoms with E-state index in [0.717, 1.165) is 0 Å². The van der Waals surface area contributed by atoms with Gasteiger partial charge in [0.15, 0.2) is 0 Å². The lowest BCUT2D eigenvalue weighted by Gasteiger charge is -1.94. The summed E-state index contributed by atoms with van der Waals surface area (Å²) in [6.07, 6.45) is 3.04. The highest BCUT2D eigenvalue weighted by Crippen LogP contribution is 1.80. The van der Waals surface area contributed by atoms with Crippen molar-refractivity contribution in [1.29, 1.82) is 0 Å². The van der Waals surface area contributed by atoms with Crippen molar-refractivity contribution in [1.82, 2.24) is 5.32 Å². The lowest BCUT2D eigenvalue weighted by molar-refractivity contribution is -0.118. The zero-order valence-electron chi connectivity index (χ0n) is 5.39. The fourth-order valence-corrected chi connectivity index (χ4v) is 0.346. The number of carbonyl (C=O) groups excluding carboxylic acids is 2. The Balaban J connectivity index is 3.86. The van der Waals surface area contributed by atoms with Gasteiger partial charge in [0.25, 0.3) is 6.29 Å². The summed E-state index contributed by atoms with van der Waals surface area (Å²) < 4.78 is 0. The van der Waals surface area contributed by atoms with Crippen LogP contribution in [0.5, 0.6) is 0 Å². The van der Waals surface area contributed by atoms with Crippen molar-refractivity contribution in [2.75, 3.05) is 0 Å². The molecule has 0 saturated heterocycles. The van der Waals surface area contributed by atoms with Crippen molar-refractivity contribution in [2.24, 2.45) is 0 Å². The minimum atomic E-state index is -0.258. The molecule has 0 fully saturated rings. The van der Waals surface area contributed by atoms with Crippen LogP contribution in [0.4, 0.5) is 0 Å². The molecule has 9 heavy (non-hydrogen) atoms. The monoisotopic (exact) mass is 126 g/mol. The first-order valence-electron chi connectivity index (χ1n) is 2.52. The summed E-state index contributed by atoms with van der Waals surface area (Å²) >= 11 is 0. The summed E-state index contributed by atoms with van der Waals surface area (Å²) in [5.41, 5.74) is 0.183. The van der Waals surface area contributed by atoms with Gasteiger partial charge in [-0.3, -0.25) is 9.59 Å². The van der Waals surface area contributed by atoms with Crippen molar-refractivity contribution in [3.63, 3.8) is 0 Å². The number of nitrogens with one attached hydrogen (secondary N) is 1. The Morgan fingerprint density at radius 3 is 2.33 bits per heavy atom. The zero-order valence-corrected chi connectivity index (χ0v) is 5.39. The van der Waals surface area contributed by atoms with Crippen LogP contribution in [0.2, 0.25) is 0 Å². The van der Waals surface area contributed by atoms with Crippen LogP contribution in [0.1, 0.15) is 13.8 Å². The van der Waals surface area contributed by atoms with Crippen LogP contribution in [0.15, 0.2) is 11.8 Å². The molecule has 0 unspecified atom stereocenters. The Bertz CT molecular complexity index is 149. The molecule has 0 rings (SSSR count). The number of amides is 1. The lowest BCUT2D eigenvalue weighted by Crippen LogP contribution is -2.19. The number of allylic oxidation sites excluding steroid dienone is 2. The molecule has 1 amide bonds. The summed E-state index contributed by atoms with van der Waals surface area (Å²) in [7, 11) is 0. The molecule has 0 atom stereocenters. The van der Waals surface area contributed by atoms with Gasteiger partial charge in [-0.25, -0.2) is 0 Å². The lowest BCUT2D eigenvalue weighted by atomic mass is 10.4. The second-order valence-corrected chi connectivity index (χ2v) is 1.49. The average Bonchev–Trinajstić information content (AvgIpc) is 1.82. The van der Waals surface area contributed by atoms with Gasteiger partial charge in [-0.1, -0.05) is 6.08 Å². The van der Waals surface area contributed by atoms with Crippen LogP contribution >= 0.6 is 0 Å². The van der Waals surface area contributed by atoms with Gasteiger partial charge in [-0.05, 0) is 6.92 Å². The first-order valence-corrected chi connectivity index (χ1v) is 2.52. The van der Waals surface area contributed by atoms with E-state index in [2.05, 4.69) is 5.32 Å². The third kappa shape index (κ3) is 3.46. The van der Waals surface area contributed by atoms with Gasteiger partial charge in [-0.2, -0.15) is 0 Å². The molecular formula is C6H8NO2. The van der Waals surface area contributed by atoms with Crippen LogP contribution in [0, 0.1) is 0 Å². The zero-order chi connectivity index (χ0) is 7.28. The van der Waals surface area contributed by atoms with Gasteiger partial charge in [-0.15, -0.1) is 0 Å². The predicted molar refractivity (Wildman–Crippen MR) is 33.3 cm³/mol.